The SMILES string of the molecule is Cc1cc(Cc2ccc(Cl)cc2)cc([C@H]2CCCN2Cc2cnn(C)c2C)n1. The van der Waals surface area contributed by atoms with Crippen LogP contribution in [0.5, 0.6) is 0 Å². The number of pyridine rings is 1. The summed E-state index contributed by atoms with van der Waals surface area (Å²) in [4.78, 5) is 7.46. The maximum Gasteiger partial charge on any atom is 0.0581 e. The number of benzene rings is 1. The lowest BCUT2D eigenvalue weighted by atomic mass is 10.0. The van der Waals surface area contributed by atoms with Gasteiger partial charge in [0.05, 0.1) is 17.9 Å². The van der Waals surface area contributed by atoms with Gasteiger partial charge in [-0.15, -0.1) is 0 Å². The molecule has 0 N–H and O–H groups in total. The first-order chi connectivity index (χ1) is 13.5. The Balaban J connectivity index is 1.56. The van der Waals surface area contributed by atoms with Crippen LogP contribution in [-0.4, -0.2) is 26.2 Å². The van der Waals surface area contributed by atoms with Gasteiger partial charge in [0.15, 0.2) is 0 Å². The zero-order valence-corrected chi connectivity index (χ0v) is 17.6. The minimum atomic E-state index is 0.378. The Kier molecular flexibility index (Phi) is 5.51. The van der Waals surface area contributed by atoms with E-state index >= 15 is 0 Å². The van der Waals surface area contributed by atoms with Crippen molar-refractivity contribution in [3.8, 4) is 0 Å². The fraction of sp³-hybridized carbons (Fsp3) is 0.391. The molecule has 4 nitrogen and oxygen atoms in total. The fourth-order valence-electron chi connectivity index (χ4n) is 4.15. The minimum Gasteiger partial charge on any atom is -0.290 e. The molecule has 1 saturated heterocycles. The Morgan fingerprint density at radius 2 is 1.89 bits per heavy atom. The van der Waals surface area contributed by atoms with Crippen molar-refractivity contribution in [1.29, 1.82) is 0 Å². The summed E-state index contributed by atoms with van der Waals surface area (Å²) in [5.41, 5.74) is 7.42. The van der Waals surface area contributed by atoms with Crippen LogP contribution in [0.2, 0.25) is 5.02 Å². The van der Waals surface area contributed by atoms with E-state index in [0.717, 1.165) is 36.6 Å². The molecular weight excluding hydrogens is 368 g/mol. The van der Waals surface area contributed by atoms with Crippen LogP contribution >= 0.6 is 11.6 Å². The standard InChI is InChI=1S/C23H27ClN4/c1-16-11-19(12-18-6-8-21(24)9-7-18)13-22(26-16)23-5-4-10-28(23)15-20-14-25-27(3)17(20)2/h6-9,11,13-14,23H,4-5,10,12,15H2,1-3H3/t23-/m1/s1. The Hall–Kier alpha value is -2.17. The molecule has 0 amide bonds. The van der Waals surface area contributed by atoms with Crippen molar-refractivity contribution in [3.63, 3.8) is 0 Å². The summed E-state index contributed by atoms with van der Waals surface area (Å²) in [6.07, 6.45) is 5.28. The average molecular weight is 395 g/mol. The molecule has 1 aliphatic heterocycles. The molecule has 0 radical (unpaired) electrons. The first kappa shape index (κ1) is 19.2. The van der Waals surface area contributed by atoms with Crippen molar-refractivity contribution in [2.45, 2.75) is 45.7 Å². The van der Waals surface area contributed by atoms with E-state index in [1.165, 1.54) is 34.5 Å². The molecule has 3 aromatic rings. The molecule has 0 spiro atoms. The van der Waals surface area contributed by atoms with E-state index in [1.807, 2.05) is 30.1 Å². The Morgan fingerprint density at radius 3 is 2.61 bits per heavy atom. The van der Waals surface area contributed by atoms with Gasteiger partial charge in [0, 0.05) is 35.6 Å². The summed E-state index contributed by atoms with van der Waals surface area (Å²) in [5.74, 6) is 0. The molecule has 1 fully saturated rings. The van der Waals surface area contributed by atoms with E-state index < -0.39 is 0 Å². The van der Waals surface area contributed by atoms with Gasteiger partial charge in [0.2, 0.25) is 0 Å². The lowest BCUT2D eigenvalue weighted by molar-refractivity contribution is 0.243. The van der Waals surface area contributed by atoms with Crippen molar-refractivity contribution in [2.75, 3.05) is 6.54 Å². The lowest BCUT2D eigenvalue weighted by Crippen LogP contribution is -2.24. The fourth-order valence-corrected chi connectivity index (χ4v) is 4.27. The molecule has 0 aliphatic carbocycles. The van der Waals surface area contributed by atoms with Gasteiger partial charge >= 0.3 is 0 Å². The minimum absolute atomic E-state index is 0.378. The lowest BCUT2D eigenvalue weighted by Gasteiger charge is -2.24. The molecule has 2 aromatic heterocycles. The molecular formula is C23H27ClN4. The van der Waals surface area contributed by atoms with E-state index in [2.05, 4.69) is 48.1 Å². The topological polar surface area (TPSA) is 34.0 Å². The van der Waals surface area contributed by atoms with Crippen molar-refractivity contribution in [1.82, 2.24) is 19.7 Å². The Morgan fingerprint density at radius 1 is 1.11 bits per heavy atom. The number of aromatic nitrogens is 3. The quantitative estimate of drug-likeness (QED) is 0.609. The summed E-state index contributed by atoms with van der Waals surface area (Å²) in [5, 5.41) is 5.18. The van der Waals surface area contributed by atoms with E-state index in [1.54, 1.807) is 0 Å². The summed E-state index contributed by atoms with van der Waals surface area (Å²) < 4.78 is 1.95. The number of likely N-dealkylation sites (tertiary alicyclic amines) is 1. The van der Waals surface area contributed by atoms with E-state index in [4.69, 9.17) is 16.6 Å². The molecule has 0 saturated carbocycles. The van der Waals surface area contributed by atoms with Gasteiger partial charge in [-0.3, -0.25) is 14.6 Å². The van der Waals surface area contributed by atoms with Gasteiger partial charge in [-0.2, -0.15) is 5.10 Å². The molecule has 4 rings (SSSR count). The summed E-state index contributed by atoms with van der Waals surface area (Å²) in [6, 6.07) is 13.0. The molecule has 28 heavy (non-hydrogen) atoms. The zero-order chi connectivity index (χ0) is 19.7. The second-order valence-electron chi connectivity index (χ2n) is 7.85. The highest BCUT2D eigenvalue weighted by molar-refractivity contribution is 6.30. The summed E-state index contributed by atoms with van der Waals surface area (Å²) in [6.45, 7) is 6.29. The van der Waals surface area contributed by atoms with Crippen LogP contribution in [0.3, 0.4) is 0 Å². The first-order valence-electron chi connectivity index (χ1n) is 9.93. The molecule has 146 valence electrons. The smallest absolute Gasteiger partial charge is 0.0581 e. The monoisotopic (exact) mass is 394 g/mol. The van der Waals surface area contributed by atoms with Crippen molar-refractivity contribution in [3.05, 3.63) is 81.4 Å². The second-order valence-corrected chi connectivity index (χ2v) is 8.29. The van der Waals surface area contributed by atoms with Crippen LogP contribution in [0.4, 0.5) is 0 Å². The molecule has 1 aliphatic rings. The maximum atomic E-state index is 6.02. The molecule has 1 aromatic carbocycles. The van der Waals surface area contributed by atoms with E-state index in [0.29, 0.717) is 6.04 Å². The predicted molar refractivity (Wildman–Crippen MR) is 114 cm³/mol. The third kappa shape index (κ3) is 4.13. The summed E-state index contributed by atoms with van der Waals surface area (Å²) in [7, 11) is 2.01. The number of rotatable bonds is 5. The number of halogens is 1. The van der Waals surface area contributed by atoms with Gasteiger partial charge in [-0.25, -0.2) is 0 Å². The predicted octanol–water partition coefficient (Wildman–Crippen LogP) is 5.01. The summed E-state index contributed by atoms with van der Waals surface area (Å²) >= 11 is 6.02. The highest BCUT2D eigenvalue weighted by Gasteiger charge is 2.28. The molecule has 5 heteroatoms. The molecule has 1 atom stereocenters. The van der Waals surface area contributed by atoms with Gasteiger partial charge < -0.3 is 0 Å². The number of hydrogen-bond acceptors (Lipinski definition) is 3. The van der Waals surface area contributed by atoms with Crippen LogP contribution < -0.4 is 0 Å². The second kappa shape index (κ2) is 8.06. The van der Waals surface area contributed by atoms with Gasteiger partial charge in [-0.05, 0) is 75.0 Å². The largest absolute Gasteiger partial charge is 0.290 e. The average Bonchev–Trinajstić information content (AvgIpc) is 3.25. The maximum absolute atomic E-state index is 6.02. The molecule has 0 unspecified atom stereocenters. The Bertz CT molecular complexity index is 961. The third-order valence-electron chi connectivity index (χ3n) is 5.77. The van der Waals surface area contributed by atoms with Crippen LogP contribution in [0.15, 0.2) is 42.6 Å². The van der Waals surface area contributed by atoms with E-state index in [9.17, 15) is 0 Å². The first-order valence-corrected chi connectivity index (χ1v) is 10.3. The van der Waals surface area contributed by atoms with Crippen molar-refractivity contribution >= 4 is 11.6 Å². The third-order valence-corrected chi connectivity index (χ3v) is 6.02. The van der Waals surface area contributed by atoms with Crippen LogP contribution in [0.25, 0.3) is 0 Å². The van der Waals surface area contributed by atoms with E-state index in [-0.39, 0.29) is 0 Å². The van der Waals surface area contributed by atoms with Gasteiger partial charge in [0.1, 0.15) is 0 Å². The normalized spacial score (nSPS) is 17.4. The number of hydrogen-bond donors (Lipinski definition) is 0. The van der Waals surface area contributed by atoms with Crippen LogP contribution in [0.1, 0.15) is 52.7 Å². The zero-order valence-electron chi connectivity index (χ0n) is 16.8. The van der Waals surface area contributed by atoms with Crippen LogP contribution in [0, 0.1) is 13.8 Å². The number of nitrogens with zero attached hydrogens (tertiary/aromatic N) is 4. The molecule has 0 bridgehead atoms. The van der Waals surface area contributed by atoms with Gasteiger partial charge in [-0.1, -0.05) is 23.7 Å². The number of aryl methyl sites for hydroxylation is 2. The van der Waals surface area contributed by atoms with Crippen LogP contribution in [-0.2, 0) is 20.0 Å². The van der Waals surface area contributed by atoms with Gasteiger partial charge in [0.25, 0.3) is 0 Å². The van der Waals surface area contributed by atoms with Crippen molar-refractivity contribution < 1.29 is 0 Å². The van der Waals surface area contributed by atoms with Crippen molar-refractivity contribution in [2.24, 2.45) is 7.05 Å². The Labute approximate surface area is 172 Å². The highest BCUT2D eigenvalue weighted by atomic mass is 35.5. The molecule has 3 heterocycles. The highest BCUT2D eigenvalue weighted by Crippen LogP contribution is 2.33.